The van der Waals surface area contributed by atoms with Crippen molar-refractivity contribution in [2.75, 3.05) is 6.54 Å². The van der Waals surface area contributed by atoms with E-state index in [1.54, 1.807) is 11.8 Å². The SMILES string of the molecule is CC(=O)N(CCC(=O)NC1CC1)C(C)C. The second-order valence-corrected chi connectivity index (χ2v) is 4.40. The lowest BCUT2D eigenvalue weighted by atomic mass is 10.2. The highest BCUT2D eigenvalue weighted by Gasteiger charge is 2.23. The van der Waals surface area contributed by atoms with Crippen LogP contribution in [0.25, 0.3) is 0 Å². The van der Waals surface area contributed by atoms with E-state index in [1.807, 2.05) is 13.8 Å². The molecular formula is C11H20N2O2. The number of nitrogens with zero attached hydrogens (tertiary/aromatic N) is 1. The van der Waals surface area contributed by atoms with Gasteiger partial charge >= 0.3 is 0 Å². The molecule has 0 radical (unpaired) electrons. The molecule has 1 aliphatic rings. The number of amides is 2. The van der Waals surface area contributed by atoms with Crippen LogP contribution in [0.5, 0.6) is 0 Å². The zero-order valence-electron chi connectivity index (χ0n) is 9.75. The topological polar surface area (TPSA) is 49.4 Å². The summed E-state index contributed by atoms with van der Waals surface area (Å²) in [4.78, 5) is 24.3. The minimum atomic E-state index is 0.0317. The summed E-state index contributed by atoms with van der Waals surface area (Å²) in [5, 5.41) is 2.91. The van der Waals surface area contributed by atoms with Gasteiger partial charge in [-0.3, -0.25) is 9.59 Å². The molecule has 2 amide bonds. The average molecular weight is 212 g/mol. The molecule has 1 fully saturated rings. The Balaban J connectivity index is 2.25. The van der Waals surface area contributed by atoms with Crippen LogP contribution in [0.2, 0.25) is 0 Å². The van der Waals surface area contributed by atoms with Crippen molar-refractivity contribution >= 4 is 11.8 Å². The van der Waals surface area contributed by atoms with Gasteiger partial charge in [0.05, 0.1) is 0 Å². The Bertz CT molecular complexity index is 247. The maximum absolute atomic E-state index is 11.4. The van der Waals surface area contributed by atoms with Crippen LogP contribution in [0.1, 0.15) is 40.0 Å². The molecule has 15 heavy (non-hydrogen) atoms. The largest absolute Gasteiger partial charge is 0.353 e. The van der Waals surface area contributed by atoms with Crippen molar-refractivity contribution in [1.82, 2.24) is 10.2 Å². The van der Waals surface area contributed by atoms with Crippen molar-refractivity contribution in [1.29, 1.82) is 0 Å². The van der Waals surface area contributed by atoms with Gasteiger partial charge in [-0.25, -0.2) is 0 Å². The summed E-state index contributed by atoms with van der Waals surface area (Å²) >= 11 is 0. The summed E-state index contributed by atoms with van der Waals surface area (Å²) < 4.78 is 0. The Morgan fingerprint density at radius 3 is 2.40 bits per heavy atom. The molecule has 0 saturated heterocycles. The molecule has 0 aromatic heterocycles. The quantitative estimate of drug-likeness (QED) is 0.736. The van der Waals surface area contributed by atoms with E-state index < -0.39 is 0 Å². The molecular weight excluding hydrogens is 192 g/mol. The number of hydrogen-bond donors (Lipinski definition) is 1. The zero-order chi connectivity index (χ0) is 11.4. The van der Waals surface area contributed by atoms with E-state index in [-0.39, 0.29) is 17.9 Å². The molecule has 0 unspecified atom stereocenters. The van der Waals surface area contributed by atoms with Gasteiger partial charge in [0.25, 0.3) is 0 Å². The highest BCUT2D eigenvalue weighted by Crippen LogP contribution is 2.18. The molecule has 0 spiro atoms. The van der Waals surface area contributed by atoms with Gasteiger partial charge in [0.1, 0.15) is 0 Å². The molecule has 1 aliphatic carbocycles. The normalized spacial score (nSPS) is 15.2. The summed E-state index contributed by atoms with van der Waals surface area (Å²) in [6.07, 6.45) is 2.62. The average Bonchev–Trinajstić information content (AvgIpc) is 2.86. The van der Waals surface area contributed by atoms with Crippen molar-refractivity contribution in [3.8, 4) is 0 Å². The van der Waals surface area contributed by atoms with E-state index in [0.29, 0.717) is 19.0 Å². The lowest BCUT2D eigenvalue weighted by molar-refractivity contribution is -0.131. The molecule has 1 rings (SSSR count). The Morgan fingerprint density at radius 1 is 1.40 bits per heavy atom. The fourth-order valence-electron chi connectivity index (χ4n) is 1.53. The highest BCUT2D eigenvalue weighted by molar-refractivity contribution is 5.78. The molecule has 0 aromatic rings. The molecule has 86 valence electrons. The number of nitrogens with one attached hydrogen (secondary N) is 1. The Labute approximate surface area is 91.0 Å². The van der Waals surface area contributed by atoms with Crippen LogP contribution in [-0.2, 0) is 9.59 Å². The zero-order valence-corrected chi connectivity index (χ0v) is 9.75. The van der Waals surface area contributed by atoms with Crippen LogP contribution in [-0.4, -0.2) is 35.3 Å². The summed E-state index contributed by atoms with van der Waals surface area (Å²) in [6, 6.07) is 0.568. The van der Waals surface area contributed by atoms with E-state index in [9.17, 15) is 9.59 Å². The maximum Gasteiger partial charge on any atom is 0.221 e. The van der Waals surface area contributed by atoms with Crippen molar-refractivity contribution in [2.24, 2.45) is 0 Å². The van der Waals surface area contributed by atoms with Gasteiger partial charge in [-0.15, -0.1) is 0 Å². The fourth-order valence-corrected chi connectivity index (χ4v) is 1.53. The molecule has 0 bridgehead atoms. The van der Waals surface area contributed by atoms with Crippen LogP contribution in [0, 0.1) is 0 Å². The molecule has 0 atom stereocenters. The monoisotopic (exact) mass is 212 g/mol. The van der Waals surface area contributed by atoms with Crippen LogP contribution in [0.3, 0.4) is 0 Å². The highest BCUT2D eigenvalue weighted by atomic mass is 16.2. The smallest absolute Gasteiger partial charge is 0.221 e. The minimum absolute atomic E-state index is 0.0317. The van der Waals surface area contributed by atoms with Gasteiger partial charge in [-0.1, -0.05) is 0 Å². The summed E-state index contributed by atoms with van der Waals surface area (Å²) in [6.45, 7) is 5.98. The fraction of sp³-hybridized carbons (Fsp3) is 0.818. The third-order valence-electron chi connectivity index (χ3n) is 2.55. The van der Waals surface area contributed by atoms with Gasteiger partial charge < -0.3 is 10.2 Å². The van der Waals surface area contributed by atoms with Crippen molar-refractivity contribution in [2.45, 2.75) is 52.1 Å². The first-order valence-electron chi connectivity index (χ1n) is 5.57. The number of carbonyl (C=O) groups is 2. The third kappa shape index (κ3) is 4.32. The summed E-state index contributed by atoms with van der Waals surface area (Å²) in [5.74, 6) is 0.0913. The molecule has 1 saturated carbocycles. The van der Waals surface area contributed by atoms with Gasteiger partial charge in [-0.05, 0) is 26.7 Å². The predicted octanol–water partition coefficient (Wildman–Crippen LogP) is 0.912. The Morgan fingerprint density at radius 2 is 2.00 bits per heavy atom. The van der Waals surface area contributed by atoms with Crippen molar-refractivity contribution < 1.29 is 9.59 Å². The van der Waals surface area contributed by atoms with Gasteiger partial charge in [0.15, 0.2) is 0 Å². The van der Waals surface area contributed by atoms with Crippen LogP contribution >= 0.6 is 0 Å². The van der Waals surface area contributed by atoms with E-state index in [2.05, 4.69) is 5.32 Å². The summed E-state index contributed by atoms with van der Waals surface area (Å²) in [7, 11) is 0. The minimum Gasteiger partial charge on any atom is -0.353 e. The van der Waals surface area contributed by atoms with E-state index in [1.165, 1.54) is 0 Å². The first-order chi connectivity index (χ1) is 7.00. The first-order valence-corrected chi connectivity index (χ1v) is 5.57. The molecule has 0 aromatic carbocycles. The number of carbonyl (C=O) groups excluding carboxylic acids is 2. The van der Waals surface area contributed by atoms with E-state index in [4.69, 9.17) is 0 Å². The lowest BCUT2D eigenvalue weighted by Gasteiger charge is -2.24. The van der Waals surface area contributed by atoms with Crippen molar-refractivity contribution in [3.05, 3.63) is 0 Å². The lowest BCUT2D eigenvalue weighted by Crippen LogP contribution is -2.38. The standard InChI is InChI=1S/C11H20N2O2/c1-8(2)13(9(3)14)7-6-11(15)12-10-4-5-10/h8,10H,4-7H2,1-3H3,(H,12,15). The third-order valence-corrected chi connectivity index (χ3v) is 2.55. The molecule has 0 aliphatic heterocycles. The maximum atomic E-state index is 11.4. The van der Waals surface area contributed by atoms with Crippen LogP contribution in [0.4, 0.5) is 0 Å². The van der Waals surface area contributed by atoms with E-state index >= 15 is 0 Å². The molecule has 4 heteroatoms. The van der Waals surface area contributed by atoms with Gasteiger partial charge in [-0.2, -0.15) is 0 Å². The van der Waals surface area contributed by atoms with E-state index in [0.717, 1.165) is 12.8 Å². The van der Waals surface area contributed by atoms with Gasteiger partial charge in [0, 0.05) is 32.0 Å². The van der Waals surface area contributed by atoms with Gasteiger partial charge in [0.2, 0.25) is 11.8 Å². The van der Waals surface area contributed by atoms with Crippen LogP contribution < -0.4 is 5.32 Å². The van der Waals surface area contributed by atoms with Crippen LogP contribution in [0.15, 0.2) is 0 Å². The Hall–Kier alpha value is -1.06. The molecule has 1 N–H and O–H groups in total. The molecule has 4 nitrogen and oxygen atoms in total. The first kappa shape index (κ1) is 12.0. The number of rotatable bonds is 5. The second-order valence-electron chi connectivity index (χ2n) is 4.40. The number of hydrogen-bond acceptors (Lipinski definition) is 2. The molecule has 0 heterocycles. The Kier molecular flexibility index (Phi) is 4.12. The second kappa shape index (κ2) is 5.14. The predicted molar refractivity (Wildman–Crippen MR) is 58.3 cm³/mol. The summed E-state index contributed by atoms with van der Waals surface area (Å²) in [5.41, 5.74) is 0. The van der Waals surface area contributed by atoms with Crippen molar-refractivity contribution in [3.63, 3.8) is 0 Å².